The first-order valence-electron chi connectivity index (χ1n) is 18.9. The molecule has 3 aromatic rings. The number of aromatic nitrogens is 6. The molecule has 9 nitrogen and oxygen atoms in total. The smallest absolute Gasteiger partial charge is 0.256 e. The maximum Gasteiger partial charge on any atom is 0.256 e. The van der Waals surface area contributed by atoms with Gasteiger partial charge in [0.1, 0.15) is 56.8 Å². The van der Waals surface area contributed by atoms with Gasteiger partial charge < -0.3 is 0 Å². The molecule has 3 aromatic heterocycles. The molecule has 0 amide bonds. The predicted molar refractivity (Wildman–Crippen MR) is 202 cm³/mol. The topological polar surface area (TPSA) is 36.1 Å². The summed E-state index contributed by atoms with van der Waals surface area (Å²) in [5, 5.41) is 0. The van der Waals surface area contributed by atoms with Crippen LogP contribution in [0.4, 0.5) is 0 Å². The second-order valence-corrected chi connectivity index (χ2v) is 15.0. The molecule has 0 atom stereocenters. The van der Waals surface area contributed by atoms with Crippen LogP contribution in [0.1, 0.15) is 103 Å². The molecule has 0 N–H and O–H groups in total. The van der Waals surface area contributed by atoms with Crippen molar-refractivity contribution in [3.63, 3.8) is 0 Å². The van der Waals surface area contributed by atoms with E-state index in [0.717, 1.165) is 52.2 Å². The van der Waals surface area contributed by atoms with Crippen LogP contribution in [-0.4, -0.2) is 84.3 Å². The molecule has 0 aliphatic carbocycles. The highest BCUT2D eigenvalue weighted by Gasteiger charge is 2.21. The molecule has 3 heterocycles. The number of rotatable bonds is 17. The van der Waals surface area contributed by atoms with Crippen molar-refractivity contribution in [3.8, 4) is 0 Å². The molecular weight excluding hydrogens is 594 g/mol. The van der Waals surface area contributed by atoms with Crippen LogP contribution in [0.2, 0.25) is 0 Å². The van der Waals surface area contributed by atoms with Gasteiger partial charge in [0.15, 0.2) is 0 Å². The lowest BCUT2D eigenvalue weighted by Gasteiger charge is -2.30. The van der Waals surface area contributed by atoms with E-state index < -0.39 is 0 Å². The first-order chi connectivity index (χ1) is 22.5. The fraction of sp³-hybridized carbons (Fsp3) is 0.769. The quantitative estimate of drug-likeness (QED) is 0.182. The van der Waals surface area contributed by atoms with Crippen molar-refractivity contribution in [2.24, 2.45) is 14.1 Å². The number of nitrogens with zero attached hydrogens (tertiary/aromatic N) is 9. The van der Waals surface area contributed by atoms with Gasteiger partial charge in [0.05, 0.1) is 20.6 Å². The van der Waals surface area contributed by atoms with Gasteiger partial charge in [-0.1, -0.05) is 6.92 Å². The predicted octanol–water partition coefficient (Wildman–Crippen LogP) is 5.34. The summed E-state index contributed by atoms with van der Waals surface area (Å²) in [6.07, 6.45) is 18.1. The lowest BCUT2D eigenvalue weighted by Crippen LogP contribution is -2.47. The van der Waals surface area contributed by atoms with Crippen LogP contribution in [0.3, 0.4) is 0 Å². The zero-order chi connectivity index (χ0) is 36.6. The van der Waals surface area contributed by atoms with Crippen molar-refractivity contribution in [2.45, 2.75) is 166 Å². The Balaban J connectivity index is 0.000000418. The normalized spacial score (nSPS) is 12.0. The number of imidazole rings is 3. The first-order valence-corrected chi connectivity index (χ1v) is 18.9. The monoisotopic (exact) mass is 673 g/mol. The van der Waals surface area contributed by atoms with E-state index in [4.69, 9.17) is 0 Å². The largest absolute Gasteiger partial charge is 0.295 e. The van der Waals surface area contributed by atoms with Gasteiger partial charge in [-0.3, -0.25) is 14.7 Å². The zero-order valence-electron chi connectivity index (χ0n) is 34.3. The lowest BCUT2D eigenvalue weighted by atomic mass is 10.2. The van der Waals surface area contributed by atoms with Crippen LogP contribution < -0.4 is 13.7 Å². The van der Waals surface area contributed by atoms with Crippen LogP contribution in [0.5, 0.6) is 0 Å². The van der Waals surface area contributed by atoms with E-state index in [-0.39, 0.29) is 0 Å². The third kappa shape index (κ3) is 15.4. The van der Waals surface area contributed by atoms with Crippen LogP contribution in [0.15, 0.2) is 49.8 Å². The average Bonchev–Trinajstić information content (AvgIpc) is 3.72. The Hall–Kier alpha value is -2.49. The minimum atomic E-state index is 0.596. The molecular formula is C39H78N9+3. The second kappa shape index (κ2) is 22.3. The molecule has 48 heavy (non-hydrogen) atoms. The molecule has 0 spiro atoms. The summed E-state index contributed by atoms with van der Waals surface area (Å²) in [6, 6.07) is 3.62. The van der Waals surface area contributed by atoms with Crippen molar-refractivity contribution in [2.75, 3.05) is 19.6 Å². The molecule has 0 fully saturated rings. The van der Waals surface area contributed by atoms with Crippen LogP contribution >= 0.6 is 0 Å². The fourth-order valence-corrected chi connectivity index (χ4v) is 6.65. The molecule has 0 aliphatic heterocycles. The summed E-state index contributed by atoms with van der Waals surface area (Å²) in [6.45, 7) is 39.4. The molecule has 0 radical (unpaired) electrons. The Kier molecular flexibility index (Phi) is 20.2. The third-order valence-electron chi connectivity index (χ3n) is 9.21. The Morgan fingerprint density at radius 1 is 0.542 bits per heavy atom. The summed E-state index contributed by atoms with van der Waals surface area (Å²) in [5.41, 5.74) is 0. The summed E-state index contributed by atoms with van der Waals surface area (Å²) in [4.78, 5) is 7.66. The van der Waals surface area contributed by atoms with E-state index in [9.17, 15) is 0 Å². The van der Waals surface area contributed by atoms with Gasteiger partial charge in [0.2, 0.25) is 12.7 Å². The van der Waals surface area contributed by atoms with E-state index in [1.807, 2.05) is 17.8 Å². The van der Waals surface area contributed by atoms with Crippen molar-refractivity contribution >= 4 is 0 Å². The Morgan fingerprint density at radius 3 is 1.31 bits per heavy atom. The second-order valence-electron chi connectivity index (χ2n) is 15.0. The standard InChI is InChI=1S/C21H43N4.C12H24N3.C6H11N2/c1-10-21-22(13-15-24(17(2)3)18(4)5)11-12-23(21)14-16-25(19(6)7)20(8)9;1-11(2)15(12(3)4)9-8-14-7-6-13(5)10-14;1-3-8-5-4-7(2)6-8/h11-12,17-20H,10,13-16H2,1-9H3;6-7,10-12H,8-9H2,1-5H3;4-6H,3H2,1-2H3/q3*+1. The van der Waals surface area contributed by atoms with Crippen LogP contribution in [-0.2, 0) is 46.7 Å². The summed E-state index contributed by atoms with van der Waals surface area (Å²) >= 11 is 0. The van der Waals surface area contributed by atoms with Crippen molar-refractivity contribution in [1.29, 1.82) is 0 Å². The molecule has 0 aliphatic rings. The van der Waals surface area contributed by atoms with Crippen molar-refractivity contribution < 1.29 is 13.7 Å². The van der Waals surface area contributed by atoms with E-state index in [0.29, 0.717) is 36.3 Å². The first kappa shape index (κ1) is 43.5. The van der Waals surface area contributed by atoms with Gasteiger partial charge in [0.25, 0.3) is 5.82 Å². The molecule has 3 rings (SSSR count). The van der Waals surface area contributed by atoms with E-state index in [1.54, 1.807) is 0 Å². The third-order valence-corrected chi connectivity index (χ3v) is 9.21. The van der Waals surface area contributed by atoms with Gasteiger partial charge >= 0.3 is 0 Å². The molecule has 0 saturated heterocycles. The highest BCUT2D eigenvalue weighted by molar-refractivity contribution is 4.84. The van der Waals surface area contributed by atoms with Crippen LogP contribution in [0.25, 0.3) is 0 Å². The van der Waals surface area contributed by atoms with Gasteiger partial charge in [-0.15, -0.1) is 0 Å². The Bertz CT molecular complexity index is 1170. The lowest BCUT2D eigenvalue weighted by molar-refractivity contribution is -0.703. The molecule has 0 unspecified atom stereocenters. The van der Waals surface area contributed by atoms with E-state index in [2.05, 4.69) is 185 Å². The van der Waals surface area contributed by atoms with Gasteiger partial charge in [-0.05, 0) is 90.0 Å². The molecule has 0 aromatic carbocycles. The number of hydrogen-bond acceptors (Lipinski definition) is 3. The maximum absolute atomic E-state index is 2.57. The van der Waals surface area contributed by atoms with Crippen LogP contribution in [0, 0.1) is 0 Å². The SMILES string of the molecule is CC(C)N(CCn1cc[n+](C)c1)C(C)C.CCc1n(CCN(C(C)C)C(C)C)cc[n+]1CCN(C(C)C)C(C)C.CCn1cc[n+](C)c1. The summed E-state index contributed by atoms with van der Waals surface area (Å²) in [7, 11) is 4.07. The highest BCUT2D eigenvalue weighted by Crippen LogP contribution is 2.08. The summed E-state index contributed by atoms with van der Waals surface area (Å²) in [5.74, 6) is 1.44. The molecule has 0 bridgehead atoms. The zero-order valence-corrected chi connectivity index (χ0v) is 34.3. The van der Waals surface area contributed by atoms with E-state index in [1.165, 1.54) is 5.82 Å². The average molecular weight is 673 g/mol. The van der Waals surface area contributed by atoms with E-state index >= 15 is 0 Å². The Morgan fingerprint density at radius 2 is 0.958 bits per heavy atom. The minimum absolute atomic E-state index is 0.596. The molecule has 9 heteroatoms. The Labute approximate surface area is 296 Å². The van der Waals surface area contributed by atoms with Crippen molar-refractivity contribution in [3.05, 3.63) is 55.7 Å². The van der Waals surface area contributed by atoms with Gasteiger partial charge in [0, 0.05) is 62.3 Å². The maximum atomic E-state index is 2.57. The fourth-order valence-electron chi connectivity index (χ4n) is 6.65. The molecule has 276 valence electrons. The molecule has 0 saturated carbocycles. The van der Waals surface area contributed by atoms with Crippen molar-refractivity contribution in [1.82, 2.24) is 28.4 Å². The number of hydrogen-bond donors (Lipinski definition) is 0. The van der Waals surface area contributed by atoms with Gasteiger partial charge in [-0.2, -0.15) is 0 Å². The highest BCUT2D eigenvalue weighted by atomic mass is 15.2. The number of aryl methyl sites for hydroxylation is 3. The van der Waals surface area contributed by atoms with Gasteiger partial charge in [-0.25, -0.2) is 27.4 Å². The summed E-state index contributed by atoms with van der Waals surface area (Å²) < 4.78 is 13.4. The minimum Gasteiger partial charge on any atom is -0.295 e.